The highest BCUT2D eigenvalue weighted by molar-refractivity contribution is 5.89. The van der Waals surface area contributed by atoms with Crippen molar-refractivity contribution < 1.29 is 14.5 Å². The number of carbonyl (C=O) groups excluding carboxylic acids is 1. The van der Waals surface area contributed by atoms with Gasteiger partial charge in [0.25, 0.3) is 5.69 Å². The lowest BCUT2D eigenvalue weighted by atomic mass is 10.1. The van der Waals surface area contributed by atoms with Gasteiger partial charge in [0.15, 0.2) is 0 Å². The third-order valence-corrected chi connectivity index (χ3v) is 3.30. The fourth-order valence-electron chi connectivity index (χ4n) is 1.92. The van der Waals surface area contributed by atoms with Gasteiger partial charge in [-0.3, -0.25) is 10.1 Å². The molecule has 0 amide bonds. The van der Waals surface area contributed by atoms with Gasteiger partial charge in [-0.25, -0.2) is 4.79 Å². The smallest absolute Gasteiger partial charge is 0.338 e. The summed E-state index contributed by atoms with van der Waals surface area (Å²) in [5, 5.41) is 13.9. The first kappa shape index (κ1) is 20.3. The molecule has 1 N–H and O–H groups in total. The van der Waals surface area contributed by atoms with Gasteiger partial charge in [0.1, 0.15) is 6.10 Å². The summed E-state index contributed by atoms with van der Waals surface area (Å²) in [7, 11) is 0. The van der Waals surface area contributed by atoms with Crippen LogP contribution in [0.5, 0.6) is 0 Å². The molecule has 0 fully saturated rings. The fraction of sp³-hybridized carbons (Fsp3) is 0.533. The van der Waals surface area contributed by atoms with Crippen molar-refractivity contribution in [1.29, 1.82) is 0 Å². The number of hydrogen-bond acceptors (Lipinski definition) is 5. The van der Waals surface area contributed by atoms with Crippen LogP contribution in [-0.4, -0.2) is 29.6 Å². The molecule has 124 valence electrons. The minimum Gasteiger partial charge on any atom is -0.458 e. The molecule has 6 nitrogen and oxygen atoms in total. The topological polar surface area (TPSA) is 81.5 Å². The van der Waals surface area contributed by atoms with Crippen molar-refractivity contribution in [2.75, 3.05) is 6.54 Å². The highest BCUT2D eigenvalue weighted by atomic mass is 35.5. The van der Waals surface area contributed by atoms with Crippen LogP contribution in [0.1, 0.15) is 44.0 Å². The third-order valence-electron chi connectivity index (χ3n) is 3.30. The summed E-state index contributed by atoms with van der Waals surface area (Å²) in [5.74, 6) is -0.469. The predicted octanol–water partition coefficient (Wildman–Crippen LogP) is 3.34. The largest absolute Gasteiger partial charge is 0.458 e. The van der Waals surface area contributed by atoms with Crippen LogP contribution in [0.2, 0.25) is 0 Å². The second-order valence-electron chi connectivity index (χ2n) is 4.94. The van der Waals surface area contributed by atoms with Gasteiger partial charge < -0.3 is 10.1 Å². The Bertz CT molecular complexity index is 475. The maximum absolute atomic E-state index is 11.9. The number of nitro groups is 1. The number of nitro benzene ring substituents is 1. The molecule has 0 heterocycles. The Morgan fingerprint density at radius 3 is 2.27 bits per heavy atom. The summed E-state index contributed by atoms with van der Waals surface area (Å²) in [4.78, 5) is 21.9. The van der Waals surface area contributed by atoms with Crippen molar-refractivity contribution in [2.45, 2.75) is 45.8 Å². The summed E-state index contributed by atoms with van der Waals surface area (Å²) in [6, 6.07) is 5.82. The zero-order chi connectivity index (χ0) is 15.8. The van der Waals surface area contributed by atoms with Crippen LogP contribution < -0.4 is 5.32 Å². The fourth-order valence-corrected chi connectivity index (χ4v) is 1.92. The maximum Gasteiger partial charge on any atom is 0.338 e. The molecule has 0 saturated carbocycles. The van der Waals surface area contributed by atoms with Crippen molar-refractivity contribution in [2.24, 2.45) is 0 Å². The predicted molar refractivity (Wildman–Crippen MR) is 87.6 cm³/mol. The van der Waals surface area contributed by atoms with Gasteiger partial charge in [-0.05, 0) is 31.9 Å². The number of carbonyl (C=O) groups is 1. The van der Waals surface area contributed by atoms with Crippen molar-refractivity contribution in [3.63, 3.8) is 0 Å². The number of nitrogens with zero attached hydrogens (tertiary/aromatic N) is 1. The number of non-ortho nitro benzene ring substituents is 1. The Labute approximate surface area is 136 Å². The van der Waals surface area contributed by atoms with Crippen LogP contribution in [0, 0.1) is 10.1 Å². The number of ether oxygens (including phenoxy) is 1. The van der Waals surface area contributed by atoms with E-state index >= 15 is 0 Å². The Morgan fingerprint density at radius 1 is 1.27 bits per heavy atom. The highest BCUT2D eigenvalue weighted by Gasteiger charge is 2.14. The molecule has 22 heavy (non-hydrogen) atoms. The molecule has 1 aromatic rings. The van der Waals surface area contributed by atoms with E-state index in [4.69, 9.17) is 4.74 Å². The lowest BCUT2D eigenvalue weighted by molar-refractivity contribution is -0.384. The molecule has 0 aliphatic carbocycles. The first-order chi connectivity index (χ1) is 9.97. The lowest BCUT2D eigenvalue weighted by Crippen LogP contribution is -2.35. The Hall–Kier alpha value is -1.66. The number of halogens is 1. The van der Waals surface area contributed by atoms with Crippen molar-refractivity contribution in [3.05, 3.63) is 39.9 Å². The second kappa shape index (κ2) is 10.1. The van der Waals surface area contributed by atoms with Crippen LogP contribution in [0.15, 0.2) is 24.3 Å². The molecular weight excluding hydrogens is 308 g/mol. The normalized spacial score (nSPS) is 11.6. The molecule has 0 spiro atoms. The van der Waals surface area contributed by atoms with E-state index in [-0.39, 0.29) is 24.2 Å². The summed E-state index contributed by atoms with van der Waals surface area (Å²) in [6.45, 7) is 6.62. The summed E-state index contributed by atoms with van der Waals surface area (Å²) >= 11 is 0. The monoisotopic (exact) mass is 330 g/mol. The number of benzene rings is 1. The van der Waals surface area contributed by atoms with E-state index in [9.17, 15) is 14.9 Å². The summed E-state index contributed by atoms with van der Waals surface area (Å²) in [6.07, 6.45) is 1.80. The van der Waals surface area contributed by atoms with Crippen molar-refractivity contribution in [3.8, 4) is 0 Å². The Morgan fingerprint density at radius 2 is 1.82 bits per heavy atom. The zero-order valence-electron chi connectivity index (χ0n) is 13.1. The first-order valence-electron chi connectivity index (χ1n) is 7.16. The van der Waals surface area contributed by atoms with Gasteiger partial charge >= 0.3 is 5.97 Å². The molecule has 1 aromatic carbocycles. The minimum atomic E-state index is -0.503. The SMILES string of the molecule is CCC(CC)NCC(C)OC(=O)c1ccc([N+](=O)[O-])cc1.Cl. The molecule has 1 unspecified atom stereocenters. The molecule has 0 saturated heterocycles. The third kappa shape index (κ3) is 6.41. The minimum absolute atomic E-state index is 0. The van der Waals surface area contributed by atoms with Crippen molar-refractivity contribution >= 4 is 24.1 Å². The van der Waals surface area contributed by atoms with Gasteiger partial charge in [0.05, 0.1) is 10.5 Å². The number of nitrogens with one attached hydrogen (secondary N) is 1. The van der Waals surface area contributed by atoms with Gasteiger partial charge in [0.2, 0.25) is 0 Å². The van der Waals surface area contributed by atoms with Gasteiger partial charge in [-0.1, -0.05) is 13.8 Å². The van der Waals surface area contributed by atoms with E-state index in [1.54, 1.807) is 0 Å². The highest BCUT2D eigenvalue weighted by Crippen LogP contribution is 2.13. The average Bonchev–Trinajstić information content (AvgIpc) is 2.48. The molecule has 1 atom stereocenters. The van der Waals surface area contributed by atoms with E-state index in [0.717, 1.165) is 12.8 Å². The Kier molecular flexibility index (Phi) is 9.37. The van der Waals surface area contributed by atoms with Gasteiger partial charge in [0, 0.05) is 24.7 Å². The maximum atomic E-state index is 11.9. The number of hydrogen-bond donors (Lipinski definition) is 1. The van der Waals surface area contributed by atoms with Crippen LogP contribution in [0.3, 0.4) is 0 Å². The molecule has 0 aliphatic heterocycles. The molecule has 0 aliphatic rings. The van der Waals surface area contributed by atoms with Gasteiger partial charge in [-0.2, -0.15) is 0 Å². The molecule has 0 radical (unpaired) electrons. The van der Waals surface area contributed by atoms with E-state index in [2.05, 4.69) is 19.2 Å². The van der Waals surface area contributed by atoms with Crippen molar-refractivity contribution in [1.82, 2.24) is 5.32 Å². The zero-order valence-corrected chi connectivity index (χ0v) is 13.9. The number of esters is 1. The molecule has 1 rings (SSSR count). The van der Waals surface area contributed by atoms with E-state index in [1.165, 1.54) is 24.3 Å². The van der Waals surface area contributed by atoms with Crippen LogP contribution >= 0.6 is 12.4 Å². The number of rotatable bonds is 8. The molecular formula is C15H23ClN2O4. The van der Waals surface area contributed by atoms with Gasteiger partial charge in [-0.15, -0.1) is 12.4 Å². The van der Waals surface area contributed by atoms with E-state index < -0.39 is 10.9 Å². The lowest BCUT2D eigenvalue weighted by Gasteiger charge is -2.19. The van der Waals surface area contributed by atoms with Crippen LogP contribution in [0.4, 0.5) is 5.69 Å². The molecule has 7 heteroatoms. The standard InChI is InChI=1S/C15H22N2O4.ClH/c1-4-13(5-2)16-10-11(3)21-15(18)12-6-8-14(9-7-12)17(19)20;/h6-9,11,13,16H,4-5,10H2,1-3H3;1H. The molecule has 0 bridgehead atoms. The first-order valence-corrected chi connectivity index (χ1v) is 7.16. The summed E-state index contributed by atoms with van der Waals surface area (Å²) in [5.41, 5.74) is 0.269. The van der Waals surface area contributed by atoms with E-state index in [1.807, 2.05) is 6.92 Å². The summed E-state index contributed by atoms with van der Waals surface area (Å²) < 4.78 is 5.30. The Balaban J connectivity index is 0.00000441. The molecule has 0 aromatic heterocycles. The second-order valence-corrected chi connectivity index (χ2v) is 4.94. The quantitative estimate of drug-likeness (QED) is 0.449. The average molecular weight is 331 g/mol. The van der Waals surface area contributed by atoms with Crippen LogP contribution in [-0.2, 0) is 4.74 Å². The van der Waals surface area contributed by atoms with Crippen LogP contribution in [0.25, 0.3) is 0 Å². The van der Waals surface area contributed by atoms with E-state index in [0.29, 0.717) is 18.2 Å².